The number of para-hydroxylation sites is 1. The molecule has 31 heavy (non-hydrogen) atoms. The van der Waals surface area contributed by atoms with Gasteiger partial charge in [0.1, 0.15) is 17.1 Å². The molecule has 2 heterocycles. The first kappa shape index (κ1) is 20.3. The molecule has 0 saturated heterocycles. The molecule has 0 saturated carbocycles. The maximum absolute atomic E-state index is 14.4. The summed E-state index contributed by atoms with van der Waals surface area (Å²) < 4.78 is 20.5. The second kappa shape index (κ2) is 8.02. The molecule has 1 unspecified atom stereocenters. The second-order valence-corrected chi connectivity index (χ2v) is 7.19. The van der Waals surface area contributed by atoms with Gasteiger partial charge in [0.05, 0.1) is 17.0 Å². The summed E-state index contributed by atoms with van der Waals surface area (Å²) in [6, 6.07) is 13.6. The minimum Gasteiger partial charge on any atom is -0.478 e. The number of hydrogen-bond donors (Lipinski definition) is 2. The number of benzene rings is 2. The number of hydrogen-bond acceptors (Lipinski definition) is 5. The summed E-state index contributed by atoms with van der Waals surface area (Å²) in [5.74, 6) is -1.36. The summed E-state index contributed by atoms with van der Waals surface area (Å²) in [4.78, 5) is 28.8. The molecule has 0 aliphatic carbocycles. The monoisotopic (exact) mass is 418 g/mol. The third-order valence-electron chi connectivity index (χ3n) is 5.11. The summed E-state index contributed by atoms with van der Waals surface area (Å²) in [5.41, 5.74) is 1.56. The molecule has 6 nitrogen and oxygen atoms in total. The van der Waals surface area contributed by atoms with Crippen molar-refractivity contribution in [3.63, 3.8) is 0 Å². The summed E-state index contributed by atoms with van der Waals surface area (Å²) in [6.45, 7) is 3.36. The number of halogens is 1. The fraction of sp³-hybridized carbons (Fsp3) is 0.125. The Morgan fingerprint density at radius 1 is 1.16 bits per heavy atom. The molecule has 1 atom stereocenters. The van der Waals surface area contributed by atoms with Crippen molar-refractivity contribution in [2.24, 2.45) is 0 Å². The van der Waals surface area contributed by atoms with Crippen LogP contribution < -0.4 is 10.7 Å². The van der Waals surface area contributed by atoms with Crippen LogP contribution in [0.1, 0.15) is 34.5 Å². The molecular weight excluding hydrogens is 399 g/mol. The average molecular weight is 418 g/mol. The third-order valence-corrected chi connectivity index (χ3v) is 5.11. The Morgan fingerprint density at radius 3 is 2.61 bits per heavy atom. The highest BCUT2D eigenvalue weighted by Crippen LogP contribution is 2.31. The molecule has 2 N–H and O–H groups in total. The minimum atomic E-state index is -1.08. The quantitative estimate of drug-likeness (QED) is 0.464. The molecule has 0 fully saturated rings. The van der Waals surface area contributed by atoms with Gasteiger partial charge in [-0.25, -0.2) is 9.18 Å². The van der Waals surface area contributed by atoms with Crippen LogP contribution in [-0.4, -0.2) is 16.1 Å². The highest BCUT2D eigenvalue weighted by molar-refractivity contribution is 5.94. The van der Waals surface area contributed by atoms with Gasteiger partial charge in [0, 0.05) is 23.0 Å². The van der Waals surface area contributed by atoms with Crippen LogP contribution in [0.4, 0.5) is 10.1 Å². The lowest BCUT2D eigenvalue weighted by Crippen LogP contribution is -2.14. The molecule has 4 rings (SSSR count). The van der Waals surface area contributed by atoms with E-state index in [2.05, 4.69) is 10.3 Å². The number of nitrogens with one attached hydrogen (secondary N) is 1. The first-order valence-corrected chi connectivity index (χ1v) is 9.64. The number of rotatable bonds is 5. The number of carboxylic acid groups (broad SMARTS) is 1. The number of pyridine rings is 1. The van der Waals surface area contributed by atoms with E-state index in [9.17, 15) is 19.1 Å². The minimum absolute atomic E-state index is 0.0848. The van der Waals surface area contributed by atoms with E-state index in [0.29, 0.717) is 28.3 Å². The molecule has 7 heteroatoms. The fourth-order valence-electron chi connectivity index (χ4n) is 3.55. The summed E-state index contributed by atoms with van der Waals surface area (Å²) >= 11 is 0. The molecule has 0 aliphatic heterocycles. The Hall–Kier alpha value is -4.00. The number of carboxylic acids is 1. The smallest absolute Gasteiger partial charge is 0.337 e. The van der Waals surface area contributed by atoms with E-state index >= 15 is 0 Å². The van der Waals surface area contributed by atoms with Crippen molar-refractivity contribution < 1.29 is 18.7 Å². The molecule has 0 aliphatic rings. The maximum atomic E-state index is 14.4. The van der Waals surface area contributed by atoms with Crippen molar-refractivity contribution in [3.05, 3.63) is 93.5 Å². The van der Waals surface area contributed by atoms with E-state index in [1.807, 2.05) is 0 Å². The van der Waals surface area contributed by atoms with E-state index in [4.69, 9.17) is 4.42 Å². The number of fused-ring (bicyclic) bond motifs is 1. The van der Waals surface area contributed by atoms with Crippen LogP contribution in [0.5, 0.6) is 0 Å². The van der Waals surface area contributed by atoms with Crippen molar-refractivity contribution in [1.82, 2.24) is 4.98 Å². The van der Waals surface area contributed by atoms with Crippen LogP contribution in [0.3, 0.4) is 0 Å². The van der Waals surface area contributed by atoms with Gasteiger partial charge in [0.2, 0.25) is 0 Å². The van der Waals surface area contributed by atoms with Crippen molar-refractivity contribution in [3.8, 4) is 11.5 Å². The van der Waals surface area contributed by atoms with E-state index < -0.39 is 17.8 Å². The third kappa shape index (κ3) is 3.77. The van der Waals surface area contributed by atoms with Crippen LogP contribution in [-0.2, 0) is 0 Å². The van der Waals surface area contributed by atoms with E-state index in [-0.39, 0.29) is 22.0 Å². The van der Waals surface area contributed by atoms with E-state index in [1.54, 1.807) is 56.4 Å². The Kier molecular flexibility index (Phi) is 5.25. The van der Waals surface area contributed by atoms with Gasteiger partial charge in [-0.1, -0.05) is 18.2 Å². The van der Waals surface area contributed by atoms with Gasteiger partial charge >= 0.3 is 5.97 Å². The Bertz CT molecular complexity index is 1350. The predicted octanol–water partition coefficient (Wildman–Crippen LogP) is 5.17. The zero-order valence-electron chi connectivity index (χ0n) is 16.8. The second-order valence-electron chi connectivity index (χ2n) is 7.19. The first-order chi connectivity index (χ1) is 14.9. The number of aromatic nitrogens is 1. The molecule has 0 spiro atoms. The molecule has 4 aromatic rings. The Labute approximate surface area is 177 Å². The van der Waals surface area contributed by atoms with Crippen molar-refractivity contribution in [2.75, 3.05) is 5.32 Å². The number of aromatic carboxylic acids is 1. The lowest BCUT2D eigenvalue weighted by atomic mass is 10.0. The topological polar surface area (TPSA) is 92.4 Å². The van der Waals surface area contributed by atoms with E-state index in [0.717, 1.165) is 6.07 Å². The molecule has 0 bridgehead atoms. The SMILES string of the molecule is Cc1c(-c2ccccn2)oc2c(C(C)Nc3ccccc3C(=O)O)cc(F)cc2c1=O. The maximum Gasteiger partial charge on any atom is 0.337 e. The van der Waals surface area contributed by atoms with Crippen LogP contribution in [0.15, 0.2) is 70.0 Å². The van der Waals surface area contributed by atoms with Crippen LogP contribution in [0.25, 0.3) is 22.4 Å². The lowest BCUT2D eigenvalue weighted by molar-refractivity contribution is 0.0698. The number of anilines is 1. The van der Waals surface area contributed by atoms with Crippen molar-refractivity contribution in [1.29, 1.82) is 0 Å². The summed E-state index contributed by atoms with van der Waals surface area (Å²) in [5, 5.41) is 12.6. The zero-order valence-corrected chi connectivity index (χ0v) is 16.8. The molecular formula is C24H19FN2O4. The summed E-state index contributed by atoms with van der Waals surface area (Å²) in [6.07, 6.45) is 1.59. The standard InChI is InChI=1S/C24H19FN2O4/c1-13-21(28)18-12-15(25)11-17(23(18)31-22(13)20-9-5-6-10-26-20)14(2)27-19-8-4-3-7-16(19)24(29)30/h3-12,14,27H,1-2H3,(H,29,30). The predicted molar refractivity (Wildman–Crippen MR) is 116 cm³/mol. The van der Waals surface area contributed by atoms with Gasteiger partial charge in [0.15, 0.2) is 11.2 Å². The highest BCUT2D eigenvalue weighted by Gasteiger charge is 2.21. The van der Waals surface area contributed by atoms with Gasteiger partial charge in [-0.3, -0.25) is 9.78 Å². The van der Waals surface area contributed by atoms with E-state index in [1.165, 1.54) is 12.1 Å². The normalized spacial score (nSPS) is 12.0. The van der Waals surface area contributed by atoms with Crippen molar-refractivity contribution >= 4 is 22.6 Å². The van der Waals surface area contributed by atoms with Gasteiger partial charge in [-0.2, -0.15) is 0 Å². The average Bonchev–Trinajstić information content (AvgIpc) is 2.77. The zero-order chi connectivity index (χ0) is 22.1. The summed E-state index contributed by atoms with van der Waals surface area (Å²) in [7, 11) is 0. The van der Waals surface area contributed by atoms with Gasteiger partial charge in [-0.05, 0) is 50.2 Å². The number of nitrogens with zero attached hydrogens (tertiary/aromatic N) is 1. The van der Waals surface area contributed by atoms with Gasteiger partial charge in [0.25, 0.3) is 0 Å². The Balaban J connectivity index is 1.89. The molecule has 2 aromatic heterocycles. The number of carbonyl (C=O) groups is 1. The van der Waals surface area contributed by atoms with Crippen LogP contribution >= 0.6 is 0 Å². The van der Waals surface area contributed by atoms with Crippen LogP contribution in [0.2, 0.25) is 0 Å². The van der Waals surface area contributed by atoms with Gasteiger partial charge < -0.3 is 14.8 Å². The largest absolute Gasteiger partial charge is 0.478 e. The fourth-order valence-corrected chi connectivity index (χ4v) is 3.55. The van der Waals surface area contributed by atoms with Crippen molar-refractivity contribution in [2.45, 2.75) is 19.9 Å². The molecule has 2 aromatic carbocycles. The Morgan fingerprint density at radius 2 is 1.90 bits per heavy atom. The van der Waals surface area contributed by atoms with Crippen LogP contribution in [0, 0.1) is 12.7 Å². The molecule has 156 valence electrons. The highest BCUT2D eigenvalue weighted by atomic mass is 19.1. The van der Waals surface area contributed by atoms with Gasteiger partial charge in [-0.15, -0.1) is 0 Å². The molecule has 0 radical (unpaired) electrons. The molecule has 0 amide bonds. The first-order valence-electron chi connectivity index (χ1n) is 9.64. The lowest BCUT2D eigenvalue weighted by Gasteiger charge is -2.19.